The predicted molar refractivity (Wildman–Crippen MR) is 82.0 cm³/mol. The minimum absolute atomic E-state index is 0.219. The summed E-state index contributed by atoms with van der Waals surface area (Å²) in [5, 5.41) is 13.0. The molecule has 1 saturated heterocycles. The smallest absolute Gasteiger partial charge is 0.0639 e. The van der Waals surface area contributed by atoms with Crippen LogP contribution in [-0.4, -0.2) is 60.3 Å². The number of aliphatic hydroxyl groups is 1. The van der Waals surface area contributed by atoms with Gasteiger partial charge in [0.1, 0.15) is 0 Å². The van der Waals surface area contributed by atoms with Crippen molar-refractivity contribution >= 4 is 5.69 Å². The Morgan fingerprint density at radius 1 is 1.20 bits per heavy atom. The van der Waals surface area contributed by atoms with Crippen LogP contribution in [0.5, 0.6) is 0 Å². The minimum Gasteiger partial charge on any atom is -0.392 e. The van der Waals surface area contributed by atoms with Crippen molar-refractivity contribution in [2.24, 2.45) is 0 Å². The van der Waals surface area contributed by atoms with Crippen molar-refractivity contribution in [3.05, 3.63) is 29.3 Å². The molecule has 0 bridgehead atoms. The highest BCUT2D eigenvalue weighted by molar-refractivity contribution is 5.61. The lowest BCUT2D eigenvalue weighted by Crippen LogP contribution is -2.47. The van der Waals surface area contributed by atoms with Crippen molar-refractivity contribution in [1.29, 1.82) is 0 Å². The van der Waals surface area contributed by atoms with Crippen LogP contribution in [0, 0.1) is 0 Å². The van der Waals surface area contributed by atoms with Gasteiger partial charge in [-0.05, 0) is 24.5 Å². The summed E-state index contributed by atoms with van der Waals surface area (Å²) in [6.45, 7) is 9.10. The quantitative estimate of drug-likeness (QED) is 0.865. The van der Waals surface area contributed by atoms with Crippen molar-refractivity contribution in [3.8, 4) is 0 Å². The predicted octanol–water partition coefficient (Wildman–Crippen LogP) is 1.15. The van der Waals surface area contributed by atoms with Crippen LogP contribution >= 0.6 is 0 Å². The van der Waals surface area contributed by atoms with Crippen LogP contribution < -0.4 is 5.32 Å². The highest BCUT2D eigenvalue weighted by atomic mass is 16.3. The molecule has 20 heavy (non-hydrogen) atoms. The van der Waals surface area contributed by atoms with Crippen molar-refractivity contribution in [2.45, 2.75) is 26.0 Å². The van der Waals surface area contributed by atoms with Gasteiger partial charge in [0.05, 0.1) is 6.10 Å². The van der Waals surface area contributed by atoms with Crippen molar-refractivity contribution in [1.82, 2.24) is 9.80 Å². The molecule has 2 N–H and O–H groups in total. The van der Waals surface area contributed by atoms with Gasteiger partial charge >= 0.3 is 0 Å². The number of piperazine rings is 1. The van der Waals surface area contributed by atoms with Crippen molar-refractivity contribution in [2.75, 3.05) is 44.6 Å². The van der Waals surface area contributed by atoms with E-state index in [1.54, 1.807) is 0 Å². The van der Waals surface area contributed by atoms with Crippen LogP contribution in [0.15, 0.2) is 18.2 Å². The van der Waals surface area contributed by atoms with E-state index in [-0.39, 0.29) is 6.10 Å². The third-order valence-electron chi connectivity index (χ3n) is 4.31. The van der Waals surface area contributed by atoms with Gasteiger partial charge in [-0.15, -0.1) is 0 Å². The maximum Gasteiger partial charge on any atom is 0.0639 e. The number of nitrogens with one attached hydrogen (secondary N) is 1. The van der Waals surface area contributed by atoms with Crippen LogP contribution in [0.25, 0.3) is 0 Å². The Morgan fingerprint density at radius 2 is 1.95 bits per heavy atom. The van der Waals surface area contributed by atoms with Gasteiger partial charge in [-0.2, -0.15) is 0 Å². The summed E-state index contributed by atoms with van der Waals surface area (Å²) in [4.78, 5) is 4.88. The second-order valence-electron chi connectivity index (χ2n) is 6.05. The maximum atomic E-state index is 9.45. The Labute approximate surface area is 121 Å². The fourth-order valence-electron chi connectivity index (χ4n) is 3.29. The molecule has 3 rings (SSSR count). The maximum absolute atomic E-state index is 9.45. The number of aliphatic hydroxyl groups excluding tert-OH is 1. The van der Waals surface area contributed by atoms with Gasteiger partial charge in [-0.25, -0.2) is 0 Å². The lowest BCUT2D eigenvalue weighted by atomic mass is 10.1. The second-order valence-corrected chi connectivity index (χ2v) is 6.05. The Morgan fingerprint density at radius 3 is 2.70 bits per heavy atom. The zero-order valence-electron chi connectivity index (χ0n) is 12.3. The van der Waals surface area contributed by atoms with Gasteiger partial charge in [0, 0.05) is 51.5 Å². The zero-order chi connectivity index (χ0) is 13.9. The first kappa shape index (κ1) is 13.9. The van der Waals surface area contributed by atoms with E-state index in [9.17, 15) is 5.11 Å². The Kier molecular flexibility index (Phi) is 4.24. The normalized spacial score (nSPS) is 21.5. The average molecular weight is 275 g/mol. The molecule has 0 aromatic heterocycles. The van der Waals surface area contributed by atoms with Crippen LogP contribution in [0.1, 0.15) is 18.1 Å². The van der Waals surface area contributed by atoms with Gasteiger partial charge in [-0.3, -0.25) is 9.80 Å². The number of nitrogens with zero attached hydrogens (tertiary/aromatic N) is 2. The molecule has 110 valence electrons. The number of para-hydroxylation sites is 1. The molecule has 2 aliphatic rings. The third-order valence-corrected chi connectivity index (χ3v) is 4.31. The third kappa shape index (κ3) is 3.14. The van der Waals surface area contributed by atoms with Gasteiger partial charge in [0.2, 0.25) is 0 Å². The molecule has 0 aliphatic carbocycles. The molecule has 0 amide bonds. The lowest BCUT2D eigenvalue weighted by Gasteiger charge is -2.35. The highest BCUT2D eigenvalue weighted by Crippen LogP contribution is 2.27. The van der Waals surface area contributed by atoms with E-state index in [4.69, 9.17) is 0 Å². The highest BCUT2D eigenvalue weighted by Gasteiger charge is 2.20. The summed E-state index contributed by atoms with van der Waals surface area (Å²) in [7, 11) is 0. The Hall–Kier alpha value is -1.10. The van der Waals surface area contributed by atoms with Crippen LogP contribution in [0.3, 0.4) is 0 Å². The molecular weight excluding hydrogens is 250 g/mol. The number of β-amino-alcohol motifs (C(OH)–C–C–N with tert-alkyl or cyclic N) is 1. The molecule has 1 atom stereocenters. The van der Waals surface area contributed by atoms with Crippen LogP contribution in [0.4, 0.5) is 5.69 Å². The van der Waals surface area contributed by atoms with Crippen LogP contribution in [-0.2, 0) is 13.0 Å². The second kappa shape index (κ2) is 6.12. The van der Waals surface area contributed by atoms with Crippen LogP contribution in [0.2, 0.25) is 0 Å². The number of anilines is 1. The number of rotatable bonds is 4. The van der Waals surface area contributed by atoms with Crippen molar-refractivity contribution < 1.29 is 5.11 Å². The standard InChI is InChI=1S/C16H25N3O/c1-13(20)11-18-7-9-19(10-8-18)12-15-4-2-3-14-5-6-17-16(14)15/h2-4,13,17,20H,5-12H2,1H3/t13-/m1/s1. The van der Waals surface area contributed by atoms with E-state index in [0.29, 0.717) is 0 Å². The molecule has 1 aromatic carbocycles. The monoisotopic (exact) mass is 275 g/mol. The summed E-state index contributed by atoms with van der Waals surface area (Å²) >= 11 is 0. The molecule has 1 fully saturated rings. The van der Waals surface area contributed by atoms with Crippen molar-refractivity contribution in [3.63, 3.8) is 0 Å². The first-order chi connectivity index (χ1) is 9.72. The molecule has 2 heterocycles. The molecule has 0 spiro atoms. The largest absolute Gasteiger partial charge is 0.392 e. The van der Waals surface area contributed by atoms with Gasteiger partial charge in [-0.1, -0.05) is 18.2 Å². The molecule has 4 nitrogen and oxygen atoms in total. The fourth-order valence-corrected chi connectivity index (χ4v) is 3.29. The molecule has 4 heteroatoms. The first-order valence-electron chi connectivity index (χ1n) is 7.70. The topological polar surface area (TPSA) is 38.7 Å². The molecule has 1 aromatic rings. The zero-order valence-corrected chi connectivity index (χ0v) is 12.3. The number of hydrogen-bond acceptors (Lipinski definition) is 4. The first-order valence-corrected chi connectivity index (χ1v) is 7.70. The summed E-state index contributed by atoms with van der Waals surface area (Å²) < 4.78 is 0. The number of benzene rings is 1. The summed E-state index contributed by atoms with van der Waals surface area (Å²) in [5.74, 6) is 0. The van der Waals surface area contributed by atoms with E-state index in [2.05, 4.69) is 33.3 Å². The summed E-state index contributed by atoms with van der Waals surface area (Å²) in [6, 6.07) is 6.67. The van der Waals surface area contributed by atoms with E-state index in [0.717, 1.165) is 52.2 Å². The van der Waals surface area contributed by atoms with E-state index in [1.807, 2.05) is 6.92 Å². The van der Waals surface area contributed by atoms with E-state index < -0.39 is 0 Å². The molecule has 2 aliphatic heterocycles. The minimum atomic E-state index is -0.219. The van der Waals surface area contributed by atoms with E-state index in [1.165, 1.54) is 16.8 Å². The van der Waals surface area contributed by atoms with E-state index >= 15 is 0 Å². The summed E-state index contributed by atoms with van der Waals surface area (Å²) in [5.41, 5.74) is 4.28. The Bertz CT molecular complexity index is 453. The molecule has 0 unspecified atom stereocenters. The SMILES string of the molecule is C[C@@H](O)CN1CCN(Cc2cccc3c2NCC3)CC1. The van der Waals surface area contributed by atoms with Gasteiger partial charge in [0.15, 0.2) is 0 Å². The Balaban J connectivity index is 1.56. The van der Waals surface area contributed by atoms with Gasteiger partial charge < -0.3 is 10.4 Å². The molecular formula is C16H25N3O. The molecule has 0 saturated carbocycles. The number of hydrogen-bond donors (Lipinski definition) is 2. The van der Waals surface area contributed by atoms with Gasteiger partial charge in [0.25, 0.3) is 0 Å². The lowest BCUT2D eigenvalue weighted by molar-refractivity contribution is 0.0781. The number of fused-ring (bicyclic) bond motifs is 1. The fraction of sp³-hybridized carbons (Fsp3) is 0.625. The average Bonchev–Trinajstić information content (AvgIpc) is 2.90. The molecule has 0 radical (unpaired) electrons. The summed E-state index contributed by atoms with van der Waals surface area (Å²) in [6.07, 6.45) is 0.939.